The second-order valence-electron chi connectivity index (χ2n) is 12.6. The number of nitrogens with zero attached hydrogens (tertiary/aromatic N) is 4. The molecule has 0 unspecified atom stereocenters. The summed E-state index contributed by atoms with van der Waals surface area (Å²) in [5.41, 5.74) is 11.8. The first-order valence-corrected chi connectivity index (χ1v) is 16.9. The van der Waals surface area contributed by atoms with Crippen LogP contribution in [0.3, 0.4) is 0 Å². The molecule has 10 aromatic rings. The van der Waals surface area contributed by atoms with Crippen molar-refractivity contribution in [3.8, 4) is 45.3 Å². The number of hydrogen-bond donors (Lipinski definition) is 0. The Morgan fingerprint density at radius 3 is 1.40 bits per heavy atom. The van der Waals surface area contributed by atoms with Gasteiger partial charge in [-0.05, 0) is 42.5 Å². The van der Waals surface area contributed by atoms with E-state index in [-0.39, 0.29) is 0 Å². The van der Waals surface area contributed by atoms with Gasteiger partial charge in [-0.2, -0.15) is 0 Å². The second-order valence-corrected chi connectivity index (χ2v) is 12.6. The molecule has 7 aromatic carbocycles. The van der Waals surface area contributed by atoms with Crippen LogP contribution in [0.4, 0.5) is 0 Å². The molecule has 3 aromatic heterocycles. The Kier molecular flexibility index (Phi) is 6.46. The lowest BCUT2D eigenvalue weighted by Crippen LogP contribution is -1.99. The molecule has 10 rings (SSSR count). The van der Waals surface area contributed by atoms with E-state index in [1.807, 2.05) is 24.3 Å². The molecular formula is C46H30N4. The zero-order chi connectivity index (χ0) is 33.0. The highest BCUT2D eigenvalue weighted by molar-refractivity contribution is 6.23. The first kappa shape index (κ1) is 28.3. The smallest absolute Gasteiger partial charge is 0.160 e. The molecule has 0 saturated carbocycles. The van der Waals surface area contributed by atoms with Crippen molar-refractivity contribution in [1.29, 1.82) is 0 Å². The summed E-state index contributed by atoms with van der Waals surface area (Å²) in [5, 5.41) is 4.91. The van der Waals surface area contributed by atoms with Gasteiger partial charge in [0.25, 0.3) is 0 Å². The van der Waals surface area contributed by atoms with Crippen molar-refractivity contribution in [3.05, 3.63) is 182 Å². The quantitative estimate of drug-likeness (QED) is 0.188. The third-order valence-corrected chi connectivity index (χ3v) is 9.71. The van der Waals surface area contributed by atoms with Crippen molar-refractivity contribution in [2.45, 2.75) is 0 Å². The van der Waals surface area contributed by atoms with Gasteiger partial charge in [0.2, 0.25) is 0 Å². The summed E-state index contributed by atoms with van der Waals surface area (Å²) in [4.78, 5) is 10.2. The van der Waals surface area contributed by atoms with E-state index in [4.69, 9.17) is 9.97 Å². The molecule has 0 bridgehead atoms. The molecule has 0 aliphatic carbocycles. The monoisotopic (exact) mass is 638 g/mol. The van der Waals surface area contributed by atoms with E-state index in [0.29, 0.717) is 5.82 Å². The van der Waals surface area contributed by atoms with Crippen LogP contribution >= 0.6 is 0 Å². The van der Waals surface area contributed by atoms with Crippen LogP contribution in [0.25, 0.3) is 88.9 Å². The summed E-state index contributed by atoms with van der Waals surface area (Å²) in [5.74, 6) is 0.707. The average molecular weight is 639 g/mol. The molecular weight excluding hydrogens is 609 g/mol. The number of rotatable bonds is 5. The van der Waals surface area contributed by atoms with Crippen molar-refractivity contribution in [3.63, 3.8) is 0 Å². The van der Waals surface area contributed by atoms with Crippen LogP contribution in [0, 0.1) is 0 Å². The maximum Gasteiger partial charge on any atom is 0.160 e. The molecule has 0 aliphatic heterocycles. The standard InChI is InChI=1S/C46H30N4/c1-4-15-31(16-5-1)40-30-41(48-46(47-40)32-17-6-2-7-18-32)33-19-14-22-35(29-33)50-43-26-13-11-24-37(43)39-28-27-38-36-23-10-12-25-42(36)49(44(38)45(39)50)34-20-8-3-9-21-34/h1-30H. The van der Waals surface area contributed by atoms with Gasteiger partial charge in [0.1, 0.15) is 0 Å². The van der Waals surface area contributed by atoms with Crippen molar-refractivity contribution in [2.75, 3.05) is 0 Å². The van der Waals surface area contributed by atoms with Crippen molar-refractivity contribution < 1.29 is 0 Å². The molecule has 50 heavy (non-hydrogen) atoms. The fourth-order valence-corrected chi connectivity index (χ4v) is 7.49. The van der Waals surface area contributed by atoms with Crippen LogP contribution in [0.15, 0.2) is 182 Å². The summed E-state index contributed by atoms with van der Waals surface area (Å²) in [7, 11) is 0. The molecule has 0 N–H and O–H groups in total. The zero-order valence-electron chi connectivity index (χ0n) is 27.1. The van der Waals surface area contributed by atoms with Crippen molar-refractivity contribution in [1.82, 2.24) is 19.1 Å². The molecule has 0 radical (unpaired) electrons. The number of benzene rings is 7. The van der Waals surface area contributed by atoms with Gasteiger partial charge >= 0.3 is 0 Å². The predicted octanol–water partition coefficient (Wildman–Crippen LogP) is 11.7. The number of fused-ring (bicyclic) bond motifs is 7. The first-order valence-electron chi connectivity index (χ1n) is 16.9. The van der Waals surface area contributed by atoms with E-state index in [2.05, 4.69) is 167 Å². The van der Waals surface area contributed by atoms with Gasteiger partial charge in [-0.3, -0.25) is 0 Å². The topological polar surface area (TPSA) is 35.6 Å². The molecule has 0 aliphatic rings. The van der Waals surface area contributed by atoms with Crippen LogP contribution < -0.4 is 0 Å². The third kappa shape index (κ3) is 4.46. The number of para-hydroxylation sites is 3. The number of aromatic nitrogens is 4. The van der Waals surface area contributed by atoms with E-state index < -0.39 is 0 Å². The number of hydrogen-bond acceptors (Lipinski definition) is 2. The van der Waals surface area contributed by atoms with Gasteiger partial charge < -0.3 is 9.13 Å². The van der Waals surface area contributed by atoms with Gasteiger partial charge in [0.05, 0.1) is 33.5 Å². The Labute approximate surface area is 289 Å². The normalized spacial score (nSPS) is 11.6. The van der Waals surface area contributed by atoms with Gasteiger partial charge in [0, 0.05) is 49.6 Å². The summed E-state index contributed by atoms with van der Waals surface area (Å²) in [6.07, 6.45) is 0. The molecule has 0 amide bonds. The van der Waals surface area contributed by atoms with Crippen LogP contribution in [0.1, 0.15) is 0 Å². The lowest BCUT2D eigenvalue weighted by Gasteiger charge is -2.14. The molecule has 0 fully saturated rings. The highest BCUT2D eigenvalue weighted by Crippen LogP contribution is 2.42. The van der Waals surface area contributed by atoms with Gasteiger partial charge in [-0.15, -0.1) is 0 Å². The van der Waals surface area contributed by atoms with Gasteiger partial charge in [0.15, 0.2) is 5.82 Å². The molecule has 4 nitrogen and oxygen atoms in total. The summed E-state index contributed by atoms with van der Waals surface area (Å²) in [6.45, 7) is 0. The minimum absolute atomic E-state index is 0.707. The summed E-state index contributed by atoms with van der Waals surface area (Å²) < 4.78 is 4.86. The summed E-state index contributed by atoms with van der Waals surface area (Å²) >= 11 is 0. The molecule has 4 heteroatoms. The van der Waals surface area contributed by atoms with E-state index in [1.54, 1.807) is 0 Å². The van der Waals surface area contributed by atoms with E-state index in [1.165, 1.54) is 38.1 Å². The summed E-state index contributed by atoms with van der Waals surface area (Å²) in [6, 6.07) is 64.2. The van der Waals surface area contributed by atoms with Crippen LogP contribution in [0.5, 0.6) is 0 Å². The fourth-order valence-electron chi connectivity index (χ4n) is 7.49. The fraction of sp³-hybridized carbons (Fsp3) is 0. The Balaban J connectivity index is 1.27. The Morgan fingerprint density at radius 2 is 0.780 bits per heavy atom. The first-order chi connectivity index (χ1) is 24.8. The van der Waals surface area contributed by atoms with Gasteiger partial charge in [-0.1, -0.05) is 140 Å². The molecule has 3 heterocycles. The molecule has 0 saturated heterocycles. The minimum atomic E-state index is 0.707. The van der Waals surface area contributed by atoms with Gasteiger partial charge in [-0.25, -0.2) is 9.97 Å². The lowest BCUT2D eigenvalue weighted by atomic mass is 10.1. The molecule has 234 valence electrons. The maximum atomic E-state index is 5.15. The van der Waals surface area contributed by atoms with Crippen LogP contribution in [-0.2, 0) is 0 Å². The highest BCUT2D eigenvalue weighted by atomic mass is 15.0. The van der Waals surface area contributed by atoms with Crippen molar-refractivity contribution >= 4 is 43.6 Å². The van der Waals surface area contributed by atoms with Crippen LogP contribution in [0.2, 0.25) is 0 Å². The minimum Gasteiger partial charge on any atom is -0.307 e. The SMILES string of the molecule is c1ccc(-c2cc(-c3cccc(-n4c5ccccc5c5ccc6c7ccccc7n(-c7ccccc7)c6c54)c3)nc(-c3ccccc3)n2)cc1. The largest absolute Gasteiger partial charge is 0.307 e. The molecule has 0 atom stereocenters. The predicted molar refractivity (Wildman–Crippen MR) is 207 cm³/mol. The lowest BCUT2D eigenvalue weighted by molar-refractivity contribution is 1.15. The van der Waals surface area contributed by atoms with E-state index >= 15 is 0 Å². The Morgan fingerprint density at radius 1 is 0.320 bits per heavy atom. The Bertz CT molecular complexity index is 2790. The average Bonchev–Trinajstić information content (AvgIpc) is 3.72. The third-order valence-electron chi connectivity index (χ3n) is 9.71. The zero-order valence-corrected chi connectivity index (χ0v) is 27.1. The Hall–Kier alpha value is -6.78. The molecule has 0 spiro atoms. The highest BCUT2D eigenvalue weighted by Gasteiger charge is 2.21. The van der Waals surface area contributed by atoms with E-state index in [0.717, 1.165) is 45.0 Å². The second kappa shape index (κ2) is 11.4. The van der Waals surface area contributed by atoms with E-state index in [9.17, 15) is 0 Å². The van der Waals surface area contributed by atoms with Crippen LogP contribution in [-0.4, -0.2) is 19.1 Å². The van der Waals surface area contributed by atoms with Crippen molar-refractivity contribution in [2.24, 2.45) is 0 Å². The maximum absolute atomic E-state index is 5.15.